The van der Waals surface area contributed by atoms with Gasteiger partial charge in [-0.25, -0.2) is 18.7 Å². The molecule has 8 heteroatoms. The number of nitrogens with zero attached hydrogens (tertiary/aromatic N) is 4. The van der Waals surface area contributed by atoms with E-state index in [2.05, 4.69) is 20.4 Å². The summed E-state index contributed by atoms with van der Waals surface area (Å²) in [6.07, 6.45) is 0.637. The summed E-state index contributed by atoms with van der Waals surface area (Å²) in [5.74, 6) is 0.619. The Morgan fingerprint density at radius 1 is 1.44 bits per heavy atom. The van der Waals surface area contributed by atoms with Gasteiger partial charge < -0.3 is 10.1 Å². The minimum Gasteiger partial charge on any atom is -0.374 e. The van der Waals surface area contributed by atoms with Gasteiger partial charge >= 0.3 is 0 Å². The second-order valence-corrected chi connectivity index (χ2v) is 3.62. The van der Waals surface area contributed by atoms with Crippen molar-refractivity contribution in [3.63, 3.8) is 0 Å². The third-order valence-corrected chi connectivity index (χ3v) is 2.31. The quantitative estimate of drug-likeness (QED) is 0.784. The van der Waals surface area contributed by atoms with Crippen molar-refractivity contribution in [3.05, 3.63) is 12.5 Å². The Morgan fingerprint density at radius 3 is 3.06 bits per heavy atom. The van der Waals surface area contributed by atoms with Crippen molar-refractivity contribution in [2.75, 3.05) is 25.1 Å². The Balaban J connectivity index is 1.92. The van der Waals surface area contributed by atoms with Crippen LogP contribution >= 0.6 is 0 Å². The first-order valence-electron chi connectivity index (χ1n) is 5.41. The number of hydrogen-bond acceptors (Lipinski definition) is 5. The fourth-order valence-corrected chi connectivity index (χ4v) is 1.52. The van der Waals surface area contributed by atoms with Gasteiger partial charge in [0.05, 0.1) is 18.2 Å². The van der Waals surface area contributed by atoms with Gasteiger partial charge in [0.1, 0.15) is 18.8 Å². The van der Waals surface area contributed by atoms with Crippen LogP contribution in [0.2, 0.25) is 0 Å². The molecule has 0 atom stereocenters. The fourth-order valence-electron chi connectivity index (χ4n) is 1.52. The molecule has 0 fully saturated rings. The molecule has 98 valence electrons. The number of rotatable bonds is 6. The van der Waals surface area contributed by atoms with Crippen LogP contribution in [0.5, 0.6) is 0 Å². The zero-order chi connectivity index (χ0) is 13.0. The maximum Gasteiger partial charge on any atom is 0.261 e. The largest absolute Gasteiger partial charge is 0.374 e. The van der Waals surface area contributed by atoms with E-state index in [1.54, 1.807) is 17.9 Å². The van der Waals surface area contributed by atoms with Gasteiger partial charge in [-0.2, -0.15) is 5.10 Å². The minimum atomic E-state index is -2.44. The smallest absolute Gasteiger partial charge is 0.261 e. The first-order valence-corrected chi connectivity index (χ1v) is 5.41. The lowest BCUT2D eigenvalue weighted by Crippen LogP contribution is -2.13. The van der Waals surface area contributed by atoms with E-state index in [0.29, 0.717) is 18.0 Å². The van der Waals surface area contributed by atoms with Crippen molar-refractivity contribution < 1.29 is 13.5 Å². The number of fused-ring (bicyclic) bond motifs is 1. The molecule has 1 N–H and O–H groups in total. The van der Waals surface area contributed by atoms with Crippen LogP contribution in [-0.2, 0) is 11.8 Å². The summed E-state index contributed by atoms with van der Waals surface area (Å²) < 4.78 is 30.0. The first-order chi connectivity index (χ1) is 8.68. The van der Waals surface area contributed by atoms with Gasteiger partial charge in [0.15, 0.2) is 5.65 Å². The molecule has 0 bridgehead atoms. The van der Waals surface area contributed by atoms with Crippen LogP contribution in [0.1, 0.15) is 0 Å². The van der Waals surface area contributed by atoms with Crippen molar-refractivity contribution in [3.8, 4) is 0 Å². The van der Waals surface area contributed by atoms with Crippen molar-refractivity contribution in [2.24, 2.45) is 7.05 Å². The van der Waals surface area contributed by atoms with Crippen LogP contribution in [-0.4, -0.2) is 45.9 Å². The normalized spacial score (nSPS) is 11.3. The molecule has 18 heavy (non-hydrogen) atoms. The number of ether oxygens (including phenoxy) is 1. The number of alkyl halides is 2. The molecule has 2 aromatic heterocycles. The molecule has 0 aliphatic heterocycles. The topological polar surface area (TPSA) is 64.9 Å². The molecule has 0 spiro atoms. The van der Waals surface area contributed by atoms with Crippen molar-refractivity contribution in [2.45, 2.75) is 6.43 Å². The maximum atomic E-state index is 11.8. The summed E-state index contributed by atoms with van der Waals surface area (Å²) in [6, 6.07) is 0. The predicted octanol–water partition coefficient (Wildman–Crippen LogP) is 1.06. The molecule has 6 nitrogen and oxygen atoms in total. The van der Waals surface area contributed by atoms with E-state index in [4.69, 9.17) is 4.74 Å². The SMILES string of the molecule is Cn1ncc2c(NCCOCC(F)F)ncnc21. The summed E-state index contributed by atoms with van der Waals surface area (Å²) >= 11 is 0. The van der Waals surface area contributed by atoms with E-state index < -0.39 is 13.0 Å². The highest BCUT2D eigenvalue weighted by Gasteiger charge is 2.07. The first kappa shape index (κ1) is 12.6. The molecular weight excluding hydrogens is 244 g/mol. The fraction of sp³-hybridized carbons (Fsp3) is 0.500. The van der Waals surface area contributed by atoms with E-state index in [-0.39, 0.29) is 6.61 Å². The molecule has 0 aliphatic carbocycles. The van der Waals surface area contributed by atoms with Crippen LogP contribution in [0.4, 0.5) is 14.6 Å². The number of anilines is 1. The van der Waals surface area contributed by atoms with E-state index >= 15 is 0 Å². The van der Waals surface area contributed by atoms with Gasteiger partial charge in [-0.15, -0.1) is 0 Å². The Bertz CT molecular complexity index is 516. The van der Waals surface area contributed by atoms with E-state index in [9.17, 15) is 8.78 Å². The number of aromatic nitrogens is 4. The molecule has 0 amide bonds. The molecule has 0 aromatic carbocycles. The van der Waals surface area contributed by atoms with Gasteiger partial charge in [0.25, 0.3) is 6.43 Å². The molecule has 2 aromatic rings. The molecule has 0 saturated carbocycles. The Labute approximate surface area is 102 Å². The average Bonchev–Trinajstić information content (AvgIpc) is 2.71. The van der Waals surface area contributed by atoms with Crippen LogP contribution in [0.3, 0.4) is 0 Å². The zero-order valence-corrected chi connectivity index (χ0v) is 9.81. The molecule has 2 heterocycles. The average molecular weight is 257 g/mol. The lowest BCUT2D eigenvalue weighted by molar-refractivity contribution is 0.0215. The van der Waals surface area contributed by atoms with Gasteiger partial charge in [-0.05, 0) is 0 Å². The molecular formula is C10H13F2N5O. The predicted molar refractivity (Wildman–Crippen MR) is 61.6 cm³/mol. The number of aryl methyl sites for hydroxylation is 1. The summed E-state index contributed by atoms with van der Waals surface area (Å²) in [4.78, 5) is 8.16. The highest BCUT2D eigenvalue weighted by Crippen LogP contribution is 2.17. The van der Waals surface area contributed by atoms with E-state index in [1.807, 2.05) is 0 Å². The molecule has 0 aliphatic rings. The molecule has 0 unspecified atom stereocenters. The highest BCUT2D eigenvalue weighted by atomic mass is 19.3. The Morgan fingerprint density at radius 2 is 2.28 bits per heavy atom. The number of nitrogens with one attached hydrogen (secondary N) is 1. The van der Waals surface area contributed by atoms with Gasteiger partial charge in [-0.3, -0.25) is 4.68 Å². The van der Waals surface area contributed by atoms with Gasteiger partial charge in [0.2, 0.25) is 0 Å². The van der Waals surface area contributed by atoms with Gasteiger partial charge in [0, 0.05) is 13.6 Å². The third-order valence-electron chi connectivity index (χ3n) is 2.31. The van der Waals surface area contributed by atoms with Crippen LogP contribution in [0.15, 0.2) is 12.5 Å². The standard InChI is InChI=1S/C10H13F2N5O/c1-17-10-7(4-16-17)9(14-6-15-10)13-2-3-18-5-8(11)12/h4,6,8H,2-3,5H2,1H3,(H,13,14,15). The van der Waals surface area contributed by atoms with E-state index in [0.717, 1.165) is 5.39 Å². The maximum absolute atomic E-state index is 11.8. The van der Waals surface area contributed by atoms with Crippen molar-refractivity contribution in [1.29, 1.82) is 0 Å². The van der Waals surface area contributed by atoms with E-state index in [1.165, 1.54) is 6.33 Å². The highest BCUT2D eigenvalue weighted by molar-refractivity contribution is 5.85. The lowest BCUT2D eigenvalue weighted by Gasteiger charge is -2.06. The zero-order valence-electron chi connectivity index (χ0n) is 9.81. The number of hydrogen-bond donors (Lipinski definition) is 1. The molecule has 0 saturated heterocycles. The van der Waals surface area contributed by atoms with Crippen LogP contribution in [0.25, 0.3) is 11.0 Å². The molecule has 0 radical (unpaired) electrons. The Hall–Kier alpha value is -1.83. The number of halogens is 2. The monoisotopic (exact) mass is 257 g/mol. The van der Waals surface area contributed by atoms with Crippen LogP contribution in [0, 0.1) is 0 Å². The molecule has 2 rings (SSSR count). The van der Waals surface area contributed by atoms with Gasteiger partial charge in [-0.1, -0.05) is 0 Å². The minimum absolute atomic E-state index is 0.191. The lowest BCUT2D eigenvalue weighted by atomic mass is 10.4. The third kappa shape index (κ3) is 2.89. The van der Waals surface area contributed by atoms with Crippen molar-refractivity contribution >= 4 is 16.9 Å². The summed E-state index contributed by atoms with van der Waals surface area (Å²) in [6.45, 7) is 0.0393. The van der Waals surface area contributed by atoms with Crippen LogP contribution < -0.4 is 5.32 Å². The summed E-state index contributed by atoms with van der Waals surface area (Å²) in [5, 5.41) is 7.85. The summed E-state index contributed by atoms with van der Waals surface area (Å²) in [5.41, 5.74) is 0.709. The summed E-state index contributed by atoms with van der Waals surface area (Å²) in [7, 11) is 1.78. The Kier molecular flexibility index (Phi) is 3.98. The van der Waals surface area contributed by atoms with Crippen molar-refractivity contribution in [1.82, 2.24) is 19.7 Å². The second kappa shape index (κ2) is 5.67. The second-order valence-electron chi connectivity index (χ2n) is 3.62.